The zero-order valence-electron chi connectivity index (χ0n) is 8.63. The molecule has 1 nitrogen and oxygen atoms in total. The maximum absolute atomic E-state index is 12.9. The number of rotatable bonds is 2. The third-order valence-electron chi connectivity index (χ3n) is 2.97. The third-order valence-corrected chi connectivity index (χ3v) is 3.26. The minimum absolute atomic E-state index is 0.128. The van der Waals surface area contributed by atoms with Gasteiger partial charge in [0.2, 0.25) is 0 Å². The molecular weight excluding hydrogens is 215 g/mol. The fourth-order valence-corrected chi connectivity index (χ4v) is 2.61. The van der Waals surface area contributed by atoms with Gasteiger partial charge in [-0.2, -0.15) is 0 Å². The summed E-state index contributed by atoms with van der Waals surface area (Å²) >= 11 is 5.68. The zero-order valence-corrected chi connectivity index (χ0v) is 9.39. The van der Waals surface area contributed by atoms with E-state index in [9.17, 15) is 9.50 Å². The molecule has 0 saturated heterocycles. The van der Waals surface area contributed by atoms with E-state index in [1.54, 1.807) is 12.1 Å². The van der Waals surface area contributed by atoms with E-state index in [-0.39, 0.29) is 5.02 Å². The van der Waals surface area contributed by atoms with Crippen LogP contribution in [0.4, 0.5) is 4.39 Å². The van der Waals surface area contributed by atoms with Gasteiger partial charge in [-0.1, -0.05) is 24.6 Å². The number of benzene rings is 1. The Morgan fingerprint density at radius 1 is 1.53 bits per heavy atom. The molecule has 1 aliphatic carbocycles. The SMILES string of the molecule is CC1CC(O)(Cc2ccc(F)c(Cl)c2)C1. The van der Waals surface area contributed by atoms with E-state index in [0.29, 0.717) is 12.3 Å². The quantitative estimate of drug-likeness (QED) is 0.824. The molecule has 1 aliphatic rings. The molecule has 1 saturated carbocycles. The van der Waals surface area contributed by atoms with Gasteiger partial charge in [0.1, 0.15) is 5.82 Å². The smallest absolute Gasteiger partial charge is 0.141 e. The van der Waals surface area contributed by atoms with Crippen LogP contribution in [0, 0.1) is 11.7 Å². The van der Waals surface area contributed by atoms with Gasteiger partial charge in [-0.05, 0) is 36.5 Å². The van der Waals surface area contributed by atoms with E-state index in [2.05, 4.69) is 6.92 Å². The van der Waals surface area contributed by atoms with Crippen molar-refractivity contribution < 1.29 is 9.50 Å². The molecule has 0 heterocycles. The van der Waals surface area contributed by atoms with Crippen LogP contribution >= 0.6 is 11.6 Å². The Bertz CT molecular complexity index is 372. The Labute approximate surface area is 93.9 Å². The van der Waals surface area contributed by atoms with E-state index in [4.69, 9.17) is 11.6 Å². The van der Waals surface area contributed by atoms with Crippen LogP contribution in [0.2, 0.25) is 5.02 Å². The number of aliphatic hydroxyl groups is 1. The number of hydrogen-bond donors (Lipinski definition) is 1. The fraction of sp³-hybridized carbons (Fsp3) is 0.500. The summed E-state index contributed by atoms with van der Waals surface area (Å²) in [6.07, 6.45) is 2.21. The minimum atomic E-state index is -0.597. The predicted molar refractivity (Wildman–Crippen MR) is 58.5 cm³/mol. The molecule has 0 amide bonds. The Kier molecular flexibility index (Phi) is 2.73. The molecule has 0 unspecified atom stereocenters. The van der Waals surface area contributed by atoms with Gasteiger partial charge >= 0.3 is 0 Å². The summed E-state index contributed by atoms with van der Waals surface area (Å²) < 4.78 is 12.9. The van der Waals surface area contributed by atoms with E-state index in [1.165, 1.54) is 6.07 Å². The van der Waals surface area contributed by atoms with Crippen molar-refractivity contribution in [1.82, 2.24) is 0 Å². The molecule has 1 aromatic rings. The lowest BCUT2D eigenvalue weighted by Crippen LogP contribution is -2.44. The van der Waals surface area contributed by atoms with Gasteiger partial charge in [0, 0.05) is 6.42 Å². The fourth-order valence-electron chi connectivity index (χ4n) is 2.41. The van der Waals surface area contributed by atoms with Crippen LogP contribution in [-0.2, 0) is 6.42 Å². The van der Waals surface area contributed by atoms with Gasteiger partial charge in [-0.25, -0.2) is 4.39 Å². The Morgan fingerprint density at radius 3 is 2.73 bits per heavy atom. The second-order valence-corrected chi connectivity index (χ2v) is 5.07. The highest BCUT2D eigenvalue weighted by Crippen LogP contribution is 2.39. The first kappa shape index (κ1) is 10.9. The van der Waals surface area contributed by atoms with Crippen LogP contribution in [0.3, 0.4) is 0 Å². The van der Waals surface area contributed by atoms with Gasteiger partial charge in [0.05, 0.1) is 10.6 Å². The van der Waals surface area contributed by atoms with Crippen LogP contribution in [0.25, 0.3) is 0 Å². The summed E-state index contributed by atoms with van der Waals surface area (Å²) in [5.74, 6) is 0.181. The molecule has 1 aromatic carbocycles. The Hall–Kier alpha value is -0.600. The highest BCUT2D eigenvalue weighted by molar-refractivity contribution is 6.30. The molecule has 0 radical (unpaired) electrons. The molecule has 82 valence electrons. The summed E-state index contributed by atoms with van der Waals surface area (Å²) in [6, 6.07) is 4.63. The largest absolute Gasteiger partial charge is 0.390 e. The Balaban J connectivity index is 2.08. The van der Waals surface area contributed by atoms with Crippen LogP contribution < -0.4 is 0 Å². The number of hydrogen-bond acceptors (Lipinski definition) is 1. The second kappa shape index (κ2) is 3.76. The Morgan fingerprint density at radius 2 is 2.20 bits per heavy atom. The van der Waals surface area contributed by atoms with E-state index in [1.807, 2.05) is 0 Å². The van der Waals surface area contributed by atoms with E-state index >= 15 is 0 Å². The van der Waals surface area contributed by atoms with Crippen LogP contribution in [0.15, 0.2) is 18.2 Å². The lowest BCUT2D eigenvalue weighted by Gasteiger charge is -2.42. The first-order valence-corrected chi connectivity index (χ1v) is 5.53. The second-order valence-electron chi connectivity index (χ2n) is 4.66. The maximum atomic E-state index is 12.9. The van der Waals surface area contributed by atoms with Crippen molar-refractivity contribution in [2.24, 2.45) is 5.92 Å². The average molecular weight is 229 g/mol. The first-order chi connectivity index (χ1) is 6.98. The molecular formula is C12H14ClFO. The maximum Gasteiger partial charge on any atom is 0.141 e. The normalized spacial score (nSPS) is 30.0. The van der Waals surface area contributed by atoms with Gasteiger partial charge < -0.3 is 5.11 Å². The molecule has 1 fully saturated rings. The molecule has 1 N–H and O–H groups in total. The van der Waals surface area contributed by atoms with Gasteiger partial charge in [0.15, 0.2) is 0 Å². The standard InChI is InChI=1S/C12H14ClFO/c1-8-5-12(15,6-8)7-9-2-3-11(14)10(13)4-9/h2-4,8,15H,5-7H2,1H3. The van der Waals surface area contributed by atoms with E-state index < -0.39 is 11.4 Å². The molecule has 15 heavy (non-hydrogen) atoms. The lowest BCUT2D eigenvalue weighted by molar-refractivity contribution is -0.0665. The summed E-state index contributed by atoms with van der Waals surface area (Å²) in [5.41, 5.74) is 0.302. The lowest BCUT2D eigenvalue weighted by atomic mass is 9.69. The van der Waals surface area contributed by atoms with Gasteiger partial charge in [0.25, 0.3) is 0 Å². The summed E-state index contributed by atoms with van der Waals surface area (Å²) in [7, 11) is 0. The van der Waals surface area contributed by atoms with Crippen LogP contribution in [0.5, 0.6) is 0 Å². The minimum Gasteiger partial charge on any atom is -0.390 e. The van der Waals surface area contributed by atoms with Crippen molar-refractivity contribution in [3.63, 3.8) is 0 Å². The third kappa shape index (κ3) is 2.32. The molecule has 0 spiro atoms. The van der Waals surface area contributed by atoms with Crippen molar-refractivity contribution in [3.05, 3.63) is 34.6 Å². The molecule has 0 bridgehead atoms. The summed E-state index contributed by atoms with van der Waals surface area (Å²) in [5, 5.41) is 10.2. The topological polar surface area (TPSA) is 20.2 Å². The first-order valence-electron chi connectivity index (χ1n) is 5.15. The zero-order chi connectivity index (χ0) is 11.1. The van der Waals surface area contributed by atoms with Gasteiger partial charge in [-0.15, -0.1) is 0 Å². The number of halogens is 2. The van der Waals surface area contributed by atoms with Gasteiger partial charge in [-0.3, -0.25) is 0 Å². The average Bonchev–Trinajstić information content (AvgIpc) is 2.09. The van der Waals surface area contributed by atoms with Crippen molar-refractivity contribution in [2.45, 2.75) is 31.8 Å². The van der Waals surface area contributed by atoms with Crippen molar-refractivity contribution in [2.75, 3.05) is 0 Å². The van der Waals surface area contributed by atoms with Crippen LogP contribution in [-0.4, -0.2) is 10.7 Å². The highest BCUT2D eigenvalue weighted by Gasteiger charge is 2.39. The molecule has 3 heteroatoms. The summed E-state index contributed by atoms with van der Waals surface area (Å²) in [4.78, 5) is 0. The highest BCUT2D eigenvalue weighted by atomic mass is 35.5. The molecule has 0 aliphatic heterocycles. The van der Waals surface area contributed by atoms with Crippen LogP contribution in [0.1, 0.15) is 25.3 Å². The molecule has 2 rings (SSSR count). The van der Waals surface area contributed by atoms with Crippen molar-refractivity contribution >= 4 is 11.6 Å². The monoisotopic (exact) mass is 228 g/mol. The molecule has 0 atom stereocenters. The van der Waals surface area contributed by atoms with E-state index in [0.717, 1.165) is 18.4 Å². The molecule has 0 aromatic heterocycles. The van der Waals surface area contributed by atoms with Crippen molar-refractivity contribution in [1.29, 1.82) is 0 Å². The predicted octanol–water partition coefficient (Wildman–Crippen LogP) is 3.18. The van der Waals surface area contributed by atoms with Crippen molar-refractivity contribution in [3.8, 4) is 0 Å². The summed E-state index contributed by atoms with van der Waals surface area (Å²) in [6.45, 7) is 2.12.